The van der Waals surface area contributed by atoms with Crippen LogP contribution in [0.1, 0.15) is 24.6 Å². The minimum atomic E-state index is -0.303. The number of hydrogen-bond acceptors (Lipinski definition) is 4. The summed E-state index contributed by atoms with van der Waals surface area (Å²) in [6.07, 6.45) is 2.03. The van der Waals surface area contributed by atoms with Gasteiger partial charge in [0.05, 0.1) is 12.8 Å². The van der Waals surface area contributed by atoms with E-state index in [4.69, 9.17) is 4.74 Å². The van der Waals surface area contributed by atoms with Crippen molar-refractivity contribution in [3.8, 4) is 11.4 Å². The van der Waals surface area contributed by atoms with Gasteiger partial charge in [-0.05, 0) is 49.2 Å². The molecule has 7 nitrogen and oxygen atoms in total. The number of hydrogen-bond donors (Lipinski definition) is 1. The molecule has 0 bridgehead atoms. The van der Waals surface area contributed by atoms with Gasteiger partial charge in [-0.3, -0.25) is 4.79 Å². The summed E-state index contributed by atoms with van der Waals surface area (Å²) in [5.74, 6) is 1.41. The highest BCUT2D eigenvalue weighted by Crippen LogP contribution is 2.39. The number of benzene rings is 2. The molecule has 1 heterocycles. The van der Waals surface area contributed by atoms with Gasteiger partial charge in [0.1, 0.15) is 18.1 Å². The normalized spacial score (nSPS) is 13.4. The predicted octanol–water partition coefficient (Wildman–Crippen LogP) is 2.56. The van der Waals surface area contributed by atoms with Crippen molar-refractivity contribution in [2.75, 3.05) is 12.4 Å². The van der Waals surface area contributed by atoms with Crippen LogP contribution in [0.4, 0.5) is 5.69 Å². The molecule has 2 aromatic carbocycles. The lowest BCUT2D eigenvalue weighted by Crippen LogP contribution is -2.29. The molecular formula is C20H20N4O3. The molecule has 3 aromatic rings. The molecule has 1 N–H and O–H groups in total. The summed E-state index contributed by atoms with van der Waals surface area (Å²) in [4.78, 5) is 25.2. The van der Waals surface area contributed by atoms with Gasteiger partial charge in [-0.25, -0.2) is 14.0 Å². The summed E-state index contributed by atoms with van der Waals surface area (Å²) in [6.45, 7) is -0.135. The third kappa shape index (κ3) is 3.62. The number of carbonyl (C=O) groups is 1. The molecule has 1 aromatic heterocycles. The number of para-hydroxylation sites is 1. The summed E-state index contributed by atoms with van der Waals surface area (Å²) >= 11 is 0. The van der Waals surface area contributed by atoms with Gasteiger partial charge in [0, 0.05) is 11.6 Å². The maximum Gasteiger partial charge on any atom is 0.351 e. The van der Waals surface area contributed by atoms with Gasteiger partial charge in [-0.1, -0.05) is 18.2 Å². The molecule has 0 aliphatic heterocycles. The summed E-state index contributed by atoms with van der Waals surface area (Å²) in [5.41, 5.74) is 1.11. The fraction of sp³-hybridized carbons (Fsp3) is 0.250. The Hall–Kier alpha value is -3.35. The molecule has 0 atom stereocenters. The standard InChI is InChI=1S/C20H20N4O3/c1-27-17-11-9-15(10-12-17)21-18(25)13-23-20(26)24(16-5-3-2-4-6-16)19(22-23)14-7-8-14/h2-6,9-12,14H,7-8,13H2,1H3,(H,21,25). The second-order valence-electron chi connectivity index (χ2n) is 6.52. The largest absolute Gasteiger partial charge is 0.497 e. The van der Waals surface area contributed by atoms with Crippen molar-refractivity contribution in [1.82, 2.24) is 14.3 Å². The van der Waals surface area contributed by atoms with E-state index in [9.17, 15) is 9.59 Å². The molecule has 1 fully saturated rings. The van der Waals surface area contributed by atoms with Crippen LogP contribution in [0.25, 0.3) is 5.69 Å². The van der Waals surface area contributed by atoms with Gasteiger partial charge in [-0.2, -0.15) is 5.10 Å². The zero-order chi connectivity index (χ0) is 18.8. The molecule has 7 heteroatoms. The third-order valence-electron chi connectivity index (χ3n) is 4.49. The molecule has 1 saturated carbocycles. The van der Waals surface area contributed by atoms with E-state index < -0.39 is 0 Å². The van der Waals surface area contributed by atoms with Crippen LogP contribution in [0.15, 0.2) is 59.4 Å². The molecule has 0 spiro atoms. The predicted molar refractivity (Wildman–Crippen MR) is 101 cm³/mol. The fourth-order valence-electron chi connectivity index (χ4n) is 2.96. The van der Waals surface area contributed by atoms with Crippen LogP contribution in [0.5, 0.6) is 5.75 Å². The Kier molecular flexibility index (Phi) is 4.50. The Morgan fingerprint density at radius 3 is 2.48 bits per heavy atom. The van der Waals surface area contributed by atoms with Crippen molar-refractivity contribution >= 4 is 11.6 Å². The SMILES string of the molecule is COc1ccc(NC(=O)Cn2nc(C3CC3)n(-c3ccccc3)c2=O)cc1. The molecule has 0 saturated heterocycles. The molecule has 1 aliphatic carbocycles. The van der Waals surface area contributed by atoms with Crippen LogP contribution in [0.2, 0.25) is 0 Å². The molecule has 0 unspecified atom stereocenters. The summed E-state index contributed by atoms with van der Waals surface area (Å²) < 4.78 is 7.95. The lowest BCUT2D eigenvalue weighted by atomic mass is 10.3. The van der Waals surface area contributed by atoms with E-state index in [1.165, 1.54) is 4.68 Å². The highest BCUT2D eigenvalue weighted by molar-refractivity contribution is 5.90. The Morgan fingerprint density at radius 1 is 1.15 bits per heavy atom. The molecule has 1 amide bonds. The smallest absolute Gasteiger partial charge is 0.351 e. The molecule has 27 heavy (non-hydrogen) atoms. The first-order chi connectivity index (χ1) is 13.2. The Labute approximate surface area is 156 Å². The number of anilines is 1. The number of methoxy groups -OCH3 is 1. The Morgan fingerprint density at radius 2 is 1.85 bits per heavy atom. The topological polar surface area (TPSA) is 78.2 Å². The zero-order valence-corrected chi connectivity index (χ0v) is 15.0. The number of amides is 1. The van der Waals surface area contributed by atoms with E-state index in [-0.39, 0.29) is 24.1 Å². The molecule has 0 radical (unpaired) electrons. The number of rotatable bonds is 6. The molecular weight excluding hydrogens is 344 g/mol. The third-order valence-corrected chi connectivity index (χ3v) is 4.49. The molecule has 4 rings (SSSR count). The maximum absolute atomic E-state index is 12.9. The quantitative estimate of drug-likeness (QED) is 0.729. The molecule has 1 aliphatic rings. The summed E-state index contributed by atoms with van der Waals surface area (Å²) in [6, 6.07) is 16.4. The van der Waals surface area contributed by atoms with Crippen LogP contribution in [-0.4, -0.2) is 27.4 Å². The lowest BCUT2D eigenvalue weighted by molar-refractivity contribution is -0.117. The first-order valence-electron chi connectivity index (χ1n) is 8.85. The van der Waals surface area contributed by atoms with Crippen LogP contribution < -0.4 is 15.7 Å². The van der Waals surface area contributed by atoms with Crippen molar-refractivity contribution in [3.63, 3.8) is 0 Å². The van der Waals surface area contributed by atoms with Crippen LogP contribution >= 0.6 is 0 Å². The second kappa shape index (κ2) is 7.11. The van der Waals surface area contributed by atoms with E-state index in [1.54, 1.807) is 35.9 Å². The van der Waals surface area contributed by atoms with Gasteiger partial charge in [-0.15, -0.1) is 0 Å². The zero-order valence-electron chi connectivity index (χ0n) is 15.0. The summed E-state index contributed by atoms with van der Waals surface area (Å²) in [7, 11) is 1.58. The second-order valence-corrected chi connectivity index (χ2v) is 6.52. The lowest BCUT2D eigenvalue weighted by Gasteiger charge is -2.06. The van der Waals surface area contributed by atoms with Gasteiger partial charge >= 0.3 is 5.69 Å². The van der Waals surface area contributed by atoms with Crippen LogP contribution in [-0.2, 0) is 11.3 Å². The maximum atomic E-state index is 12.9. The van der Waals surface area contributed by atoms with E-state index >= 15 is 0 Å². The van der Waals surface area contributed by atoms with Crippen molar-refractivity contribution in [3.05, 3.63) is 70.9 Å². The number of ether oxygens (including phenoxy) is 1. The monoisotopic (exact) mass is 364 g/mol. The van der Waals surface area contributed by atoms with E-state index in [2.05, 4.69) is 10.4 Å². The van der Waals surface area contributed by atoms with Crippen molar-refractivity contribution in [1.29, 1.82) is 0 Å². The van der Waals surface area contributed by atoms with Gasteiger partial charge in [0.2, 0.25) is 5.91 Å². The summed E-state index contributed by atoms with van der Waals surface area (Å²) in [5, 5.41) is 7.22. The Bertz CT molecular complexity index is 1000. The van der Waals surface area contributed by atoms with Gasteiger partial charge < -0.3 is 10.1 Å². The average molecular weight is 364 g/mol. The highest BCUT2D eigenvalue weighted by atomic mass is 16.5. The van der Waals surface area contributed by atoms with Crippen LogP contribution in [0, 0.1) is 0 Å². The first-order valence-corrected chi connectivity index (χ1v) is 8.85. The highest BCUT2D eigenvalue weighted by Gasteiger charge is 2.31. The number of nitrogens with one attached hydrogen (secondary N) is 1. The van der Waals surface area contributed by atoms with Crippen LogP contribution in [0.3, 0.4) is 0 Å². The van der Waals surface area contributed by atoms with Crippen molar-refractivity contribution in [2.24, 2.45) is 0 Å². The van der Waals surface area contributed by atoms with Gasteiger partial charge in [0.25, 0.3) is 0 Å². The number of aromatic nitrogens is 3. The van der Waals surface area contributed by atoms with Crippen molar-refractivity contribution < 1.29 is 9.53 Å². The van der Waals surface area contributed by atoms with Crippen molar-refractivity contribution in [2.45, 2.75) is 25.3 Å². The molecule has 138 valence electrons. The van der Waals surface area contributed by atoms with E-state index in [0.717, 1.165) is 24.4 Å². The number of nitrogens with zero attached hydrogens (tertiary/aromatic N) is 3. The average Bonchev–Trinajstić information content (AvgIpc) is 3.48. The minimum absolute atomic E-state index is 0.135. The van der Waals surface area contributed by atoms with E-state index in [1.807, 2.05) is 30.3 Å². The fourth-order valence-corrected chi connectivity index (χ4v) is 2.96. The Balaban J connectivity index is 1.57. The minimum Gasteiger partial charge on any atom is -0.497 e. The van der Waals surface area contributed by atoms with Gasteiger partial charge in [0.15, 0.2) is 0 Å². The number of carbonyl (C=O) groups excluding carboxylic acids is 1. The first kappa shape index (κ1) is 17.1. The van der Waals surface area contributed by atoms with E-state index in [0.29, 0.717) is 11.4 Å².